The van der Waals surface area contributed by atoms with E-state index in [0.717, 1.165) is 15.6 Å². The van der Waals surface area contributed by atoms with E-state index in [2.05, 4.69) is 20.9 Å². The van der Waals surface area contributed by atoms with Crippen LogP contribution in [0.3, 0.4) is 0 Å². The van der Waals surface area contributed by atoms with Crippen molar-refractivity contribution < 1.29 is 4.42 Å². The molecule has 0 amide bonds. The van der Waals surface area contributed by atoms with Gasteiger partial charge in [0.05, 0.1) is 10.7 Å². The third-order valence-electron chi connectivity index (χ3n) is 2.94. The van der Waals surface area contributed by atoms with Gasteiger partial charge in [0.2, 0.25) is 5.89 Å². The highest BCUT2D eigenvalue weighted by Crippen LogP contribution is 2.32. The molecule has 3 aromatic rings. The van der Waals surface area contributed by atoms with E-state index in [4.69, 9.17) is 21.8 Å². The Kier molecular flexibility index (Phi) is 2.99. The smallest absolute Gasteiger partial charge is 0.227 e. The van der Waals surface area contributed by atoms with Gasteiger partial charge in [-0.25, -0.2) is 4.98 Å². The maximum atomic E-state index is 5.99. The van der Waals surface area contributed by atoms with E-state index in [0.29, 0.717) is 27.7 Å². The second kappa shape index (κ2) is 4.54. The van der Waals surface area contributed by atoms with E-state index in [9.17, 15) is 0 Å². The van der Waals surface area contributed by atoms with Crippen molar-refractivity contribution in [2.24, 2.45) is 0 Å². The van der Waals surface area contributed by atoms with E-state index in [1.165, 1.54) is 0 Å². The molecule has 0 aliphatic rings. The van der Waals surface area contributed by atoms with Gasteiger partial charge in [0.1, 0.15) is 5.52 Å². The SMILES string of the molecule is Cc1ccc(Br)cc1-c1nc2cc(Cl)c(N)cc2o1. The van der Waals surface area contributed by atoms with Gasteiger partial charge in [0, 0.05) is 16.1 Å². The number of nitrogens with two attached hydrogens (primary N) is 1. The minimum atomic E-state index is 0.485. The molecule has 3 nitrogen and oxygen atoms in total. The Hall–Kier alpha value is -1.52. The molecule has 3 rings (SSSR count). The maximum Gasteiger partial charge on any atom is 0.227 e. The van der Waals surface area contributed by atoms with Gasteiger partial charge in [-0.05, 0) is 30.7 Å². The third kappa shape index (κ3) is 2.22. The number of aromatic nitrogens is 1. The highest BCUT2D eigenvalue weighted by Gasteiger charge is 2.12. The molecule has 0 radical (unpaired) electrons. The molecule has 0 aliphatic carbocycles. The lowest BCUT2D eigenvalue weighted by atomic mass is 10.1. The van der Waals surface area contributed by atoms with Crippen LogP contribution in [0, 0.1) is 6.92 Å². The summed E-state index contributed by atoms with van der Waals surface area (Å²) < 4.78 is 6.73. The minimum Gasteiger partial charge on any atom is -0.436 e. The number of aryl methyl sites for hydroxylation is 1. The van der Waals surface area contributed by atoms with E-state index in [-0.39, 0.29) is 0 Å². The van der Waals surface area contributed by atoms with Gasteiger partial charge in [0.25, 0.3) is 0 Å². The molecule has 1 aromatic heterocycles. The van der Waals surface area contributed by atoms with Crippen LogP contribution in [0.2, 0.25) is 5.02 Å². The first kappa shape index (κ1) is 12.5. The Morgan fingerprint density at radius 1 is 1.26 bits per heavy atom. The molecule has 0 aliphatic heterocycles. The van der Waals surface area contributed by atoms with Gasteiger partial charge < -0.3 is 10.2 Å². The topological polar surface area (TPSA) is 52.0 Å². The number of nitrogens with zero attached hydrogens (tertiary/aromatic N) is 1. The highest BCUT2D eigenvalue weighted by atomic mass is 79.9. The molecule has 5 heteroatoms. The van der Waals surface area contributed by atoms with Crippen LogP contribution in [0.1, 0.15) is 5.56 Å². The van der Waals surface area contributed by atoms with Crippen LogP contribution in [-0.4, -0.2) is 4.98 Å². The van der Waals surface area contributed by atoms with Crippen LogP contribution in [0.25, 0.3) is 22.6 Å². The molecule has 2 aromatic carbocycles. The van der Waals surface area contributed by atoms with Crippen LogP contribution in [0.5, 0.6) is 0 Å². The van der Waals surface area contributed by atoms with Crippen molar-refractivity contribution in [3.05, 3.63) is 45.4 Å². The predicted molar refractivity (Wildman–Crippen MR) is 81.3 cm³/mol. The van der Waals surface area contributed by atoms with Crippen molar-refractivity contribution in [3.8, 4) is 11.5 Å². The fourth-order valence-corrected chi connectivity index (χ4v) is 2.42. The fraction of sp³-hybridized carbons (Fsp3) is 0.0714. The highest BCUT2D eigenvalue weighted by molar-refractivity contribution is 9.10. The monoisotopic (exact) mass is 336 g/mol. The molecule has 0 bridgehead atoms. The molecule has 0 fully saturated rings. The summed E-state index contributed by atoms with van der Waals surface area (Å²) in [5, 5.41) is 0.485. The molecule has 1 heterocycles. The second-order valence-corrected chi connectivity index (χ2v) is 5.64. The zero-order valence-corrected chi connectivity index (χ0v) is 12.4. The first-order valence-corrected chi connectivity index (χ1v) is 6.84. The number of anilines is 1. The van der Waals surface area contributed by atoms with Gasteiger partial charge in [-0.1, -0.05) is 33.6 Å². The second-order valence-electron chi connectivity index (χ2n) is 4.32. The van der Waals surface area contributed by atoms with Crippen molar-refractivity contribution in [2.75, 3.05) is 5.73 Å². The van der Waals surface area contributed by atoms with Gasteiger partial charge in [-0.15, -0.1) is 0 Å². The molecular formula is C14H10BrClN2O. The number of hydrogen-bond acceptors (Lipinski definition) is 3. The quantitative estimate of drug-likeness (QED) is 0.649. The number of nitrogen functional groups attached to an aromatic ring is 1. The lowest BCUT2D eigenvalue weighted by Gasteiger charge is -2.01. The first-order chi connectivity index (χ1) is 9.04. The van der Waals surface area contributed by atoms with Crippen molar-refractivity contribution >= 4 is 44.3 Å². The molecular weight excluding hydrogens is 328 g/mol. The molecule has 19 heavy (non-hydrogen) atoms. The summed E-state index contributed by atoms with van der Waals surface area (Å²) in [5.74, 6) is 0.565. The van der Waals surface area contributed by atoms with Crippen molar-refractivity contribution in [1.29, 1.82) is 0 Å². The Bertz CT molecular complexity index is 743. The number of halogens is 2. The summed E-state index contributed by atoms with van der Waals surface area (Å²) in [5.41, 5.74) is 9.62. The number of oxazole rings is 1. The number of hydrogen-bond donors (Lipinski definition) is 1. The number of benzene rings is 2. The standard InChI is InChI=1S/C14H10BrClN2O/c1-7-2-3-8(15)4-9(7)14-18-12-5-10(16)11(17)6-13(12)19-14/h2-6H,17H2,1H3. The zero-order chi connectivity index (χ0) is 13.6. The fourth-order valence-electron chi connectivity index (χ4n) is 1.90. The molecule has 96 valence electrons. The maximum absolute atomic E-state index is 5.99. The average molecular weight is 338 g/mol. The van der Waals surface area contributed by atoms with Crippen LogP contribution >= 0.6 is 27.5 Å². The minimum absolute atomic E-state index is 0.485. The van der Waals surface area contributed by atoms with E-state index in [1.54, 1.807) is 12.1 Å². The Balaban J connectivity index is 2.23. The molecule has 0 saturated carbocycles. The van der Waals surface area contributed by atoms with Crippen LogP contribution in [0.15, 0.2) is 39.2 Å². The summed E-state index contributed by atoms with van der Waals surface area (Å²) in [6.07, 6.45) is 0. The Labute approximate surface area is 123 Å². The summed E-state index contributed by atoms with van der Waals surface area (Å²) in [4.78, 5) is 4.46. The summed E-state index contributed by atoms with van der Waals surface area (Å²) >= 11 is 9.44. The van der Waals surface area contributed by atoms with E-state index in [1.807, 2.05) is 25.1 Å². The first-order valence-electron chi connectivity index (χ1n) is 5.66. The predicted octanol–water partition coefficient (Wildman–Crippen LogP) is 4.80. The molecule has 2 N–H and O–H groups in total. The summed E-state index contributed by atoms with van der Waals surface area (Å²) in [6, 6.07) is 9.38. The van der Waals surface area contributed by atoms with Crippen LogP contribution < -0.4 is 5.73 Å². The molecule has 0 spiro atoms. The van der Waals surface area contributed by atoms with E-state index < -0.39 is 0 Å². The van der Waals surface area contributed by atoms with Gasteiger partial charge in [-0.2, -0.15) is 0 Å². The van der Waals surface area contributed by atoms with Gasteiger partial charge in [0.15, 0.2) is 5.58 Å². The normalized spacial score (nSPS) is 11.1. The average Bonchev–Trinajstić information content (AvgIpc) is 2.75. The van der Waals surface area contributed by atoms with E-state index >= 15 is 0 Å². The summed E-state index contributed by atoms with van der Waals surface area (Å²) in [6.45, 7) is 2.01. The number of fused-ring (bicyclic) bond motifs is 1. The Morgan fingerprint density at radius 2 is 2.05 bits per heavy atom. The van der Waals surface area contributed by atoms with Gasteiger partial charge >= 0.3 is 0 Å². The largest absolute Gasteiger partial charge is 0.436 e. The number of rotatable bonds is 1. The summed E-state index contributed by atoms with van der Waals surface area (Å²) in [7, 11) is 0. The van der Waals surface area contributed by atoms with Crippen LogP contribution in [0.4, 0.5) is 5.69 Å². The molecule has 0 atom stereocenters. The lowest BCUT2D eigenvalue weighted by molar-refractivity contribution is 0.619. The van der Waals surface area contributed by atoms with Gasteiger partial charge in [-0.3, -0.25) is 0 Å². The Morgan fingerprint density at radius 3 is 2.84 bits per heavy atom. The molecule has 0 saturated heterocycles. The van der Waals surface area contributed by atoms with Crippen LogP contribution in [-0.2, 0) is 0 Å². The molecule has 0 unspecified atom stereocenters. The van der Waals surface area contributed by atoms with Crippen molar-refractivity contribution in [2.45, 2.75) is 6.92 Å². The van der Waals surface area contributed by atoms with Crippen molar-refractivity contribution in [3.63, 3.8) is 0 Å². The lowest BCUT2D eigenvalue weighted by Crippen LogP contribution is -1.84. The third-order valence-corrected chi connectivity index (χ3v) is 3.76. The zero-order valence-electron chi connectivity index (χ0n) is 10.1. The van der Waals surface area contributed by atoms with Crippen molar-refractivity contribution in [1.82, 2.24) is 4.98 Å².